The molecule has 0 unspecified atom stereocenters. The molecule has 1 fully saturated rings. The Hall–Kier alpha value is -3.99. The number of hydrogen-bond donors (Lipinski definition) is 1. The Balaban J connectivity index is 1.57. The molecule has 1 amide bonds. The Morgan fingerprint density at radius 2 is 1.39 bits per heavy atom. The third kappa shape index (κ3) is 7.61. The van der Waals surface area contributed by atoms with Crippen molar-refractivity contribution in [3.63, 3.8) is 0 Å². The van der Waals surface area contributed by atoms with Crippen molar-refractivity contribution in [2.24, 2.45) is 0 Å². The lowest BCUT2D eigenvalue weighted by atomic mass is 9.93. The first-order chi connectivity index (χ1) is 22.6. The number of aromatic carboxylic acids is 1. The van der Waals surface area contributed by atoms with E-state index in [1.165, 1.54) is 25.1 Å². The zero-order chi connectivity index (χ0) is 36.2. The average Bonchev–Trinajstić information content (AvgIpc) is 3.28. The van der Waals surface area contributed by atoms with E-state index in [1.54, 1.807) is 18.2 Å². The number of alkyl halides is 9. The molecule has 4 aromatic rings. The van der Waals surface area contributed by atoms with Gasteiger partial charge in [0, 0.05) is 14.2 Å². The summed E-state index contributed by atoms with van der Waals surface area (Å²) < 4.78 is 129. The van der Waals surface area contributed by atoms with Crippen LogP contribution in [-0.4, -0.2) is 28.1 Å². The highest BCUT2D eigenvalue weighted by atomic mass is 127. The van der Waals surface area contributed by atoms with Gasteiger partial charge in [-0.15, -0.1) is 0 Å². The number of cyclic esters (lactones) is 1. The van der Waals surface area contributed by atoms with Gasteiger partial charge in [-0.25, -0.2) is 9.59 Å². The van der Waals surface area contributed by atoms with Crippen LogP contribution in [-0.2, 0) is 29.8 Å². The lowest BCUT2D eigenvalue weighted by Gasteiger charge is -2.24. The number of carboxylic acid groups (broad SMARTS) is 1. The van der Waals surface area contributed by atoms with Crippen LogP contribution in [0.3, 0.4) is 0 Å². The van der Waals surface area contributed by atoms with Crippen LogP contribution in [0, 0.1) is 3.57 Å². The molecule has 0 spiro atoms. The first-order valence-corrected chi connectivity index (χ1v) is 15.4. The maximum Gasteiger partial charge on any atom is 0.416 e. The van der Waals surface area contributed by atoms with E-state index in [9.17, 15) is 54.2 Å². The normalized spacial score (nSPS) is 17.0. The minimum absolute atomic E-state index is 0.0250. The molecule has 49 heavy (non-hydrogen) atoms. The highest BCUT2D eigenvalue weighted by molar-refractivity contribution is 14.1. The van der Waals surface area contributed by atoms with Crippen molar-refractivity contribution >= 4 is 46.3 Å². The van der Waals surface area contributed by atoms with E-state index in [0.717, 1.165) is 23.1 Å². The number of benzene rings is 4. The molecule has 0 aromatic heterocycles. The largest absolute Gasteiger partial charge is 0.478 e. The van der Waals surface area contributed by atoms with Crippen LogP contribution in [0.5, 0.6) is 0 Å². The highest BCUT2D eigenvalue weighted by Crippen LogP contribution is 2.43. The maximum absolute atomic E-state index is 13.9. The second-order valence-electron chi connectivity index (χ2n) is 11.1. The Bertz CT molecular complexity index is 1930. The van der Waals surface area contributed by atoms with Gasteiger partial charge in [-0.2, -0.15) is 39.5 Å². The van der Waals surface area contributed by atoms with Gasteiger partial charge in [0.15, 0.2) is 0 Å². The Labute approximate surface area is 290 Å². The SMILES string of the molecule is C[C@H]1[C@@H](c2cc(C(F)(F)F)cc(C(F)(F)F)c2)OC(=O)N1Cc1cc(C(F)(F)F)ccc1-c1cc(-c2ccc(C(=O)O)cc2I)ccc1Cl. The van der Waals surface area contributed by atoms with Gasteiger partial charge >= 0.3 is 30.6 Å². The molecule has 4 aromatic carbocycles. The van der Waals surface area contributed by atoms with Crippen molar-refractivity contribution in [1.29, 1.82) is 0 Å². The summed E-state index contributed by atoms with van der Waals surface area (Å²) in [4.78, 5) is 25.3. The molecule has 1 N–H and O–H groups in total. The number of nitrogens with zero attached hydrogens (tertiary/aromatic N) is 1. The molecule has 5 rings (SSSR count). The second kappa shape index (κ2) is 13.0. The molecular formula is C33H20ClF9INO4. The maximum atomic E-state index is 13.9. The lowest BCUT2D eigenvalue weighted by Crippen LogP contribution is -2.32. The van der Waals surface area contributed by atoms with E-state index in [0.29, 0.717) is 26.8 Å². The van der Waals surface area contributed by atoms with Crippen LogP contribution in [0.15, 0.2) is 72.8 Å². The molecule has 1 saturated heterocycles. The van der Waals surface area contributed by atoms with Crippen molar-refractivity contribution in [1.82, 2.24) is 4.90 Å². The number of carbonyl (C=O) groups is 2. The van der Waals surface area contributed by atoms with Crippen LogP contribution in [0.4, 0.5) is 44.3 Å². The predicted octanol–water partition coefficient (Wildman–Crippen LogP) is 11.1. The minimum atomic E-state index is -5.17. The van der Waals surface area contributed by atoms with Gasteiger partial charge in [0.2, 0.25) is 0 Å². The van der Waals surface area contributed by atoms with Crippen LogP contribution in [0.1, 0.15) is 51.2 Å². The Morgan fingerprint density at radius 3 is 1.94 bits per heavy atom. The third-order valence-corrected chi connectivity index (χ3v) is 9.11. The zero-order valence-electron chi connectivity index (χ0n) is 24.6. The van der Waals surface area contributed by atoms with Gasteiger partial charge in [0.25, 0.3) is 0 Å². The first-order valence-electron chi connectivity index (χ1n) is 13.9. The molecule has 1 heterocycles. The first kappa shape index (κ1) is 36.3. The average molecular weight is 828 g/mol. The molecule has 0 radical (unpaired) electrons. The van der Waals surface area contributed by atoms with Gasteiger partial charge in [-0.05, 0) is 112 Å². The van der Waals surface area contributed by atoms with Crippen molar-refractivity contribution < 1.29 is 58.9 Å². The predicted molar refractivity (Wildman–Crippen MR) is 168 cm³/mol. The van der Waals surface area contributed by atoms with E-state index >= 15 is 0 Å². The summed E-state index contributed by atoms with van der Waals surface area (Å²) in [5.41, 5.74) is -3.56. The summed E-state index contributed by atoms with van der Waals surface area (Å²) in [6, 6.07) is 11.2. The number of carboxylic acids is 1. The summed E-state index contributed by atoms with van der Waals surface area (Å²) in [7, 11) is 0. The summed E-state index contributed by atoms with van der Waals surface area (Å²) >= 11 is 8.45. The standard InChI is InChI=1S/C33H20ClF9INO4/c1-15-28(18-8-21(32(38,39)40)13-22(9-18)33(41,42)43)49-30(48)45(15)14-19-10-20(31(35,36)37)4-6-23(19)25-11-16(3-7-26(25)34)24-5-2-17(29(46)47)12-27(24)44/h2-13,15,28H,14H2,1H3,(H,46,47)/t15-,28-/m0/s1. The van der Waals surface area contributed by atoms with Crippen molar-refractivity contribution in [2.45, 2.75) is 44.1 Å². The summed E-state index contributed by atoms with van der Waals surface area (Å²) in [5.74, 6) is -1.15. The van der Waals surface area contributed by atoms with E-state index in [4.69, 9.17) is 16.3 Å². The Morgan fingerprint density at radius 1 is 0.796 bits per heavy atom. The Kier molecular flexibility index (Phi) is 9.66. The minimum Gasteiger partial charge on any atom is -0.478 e. The number of amides is 1. The summed E-state index contributed by atoms with van der Waals surface area (Å²) in [5, 5.41) is 9.40. The molecule has 1 aliphatic rings. The second-order valence-corrected chi connectivity index (χ2v) is 12.6. The van der Waals surface area contributed by atoms with E-state index in [-0.39, 0.29) is 33.3 Å². The van der Waals surface area contributed by atoms with Gasteiger partial charge in [-0.1, -0.05) is 29.8 Å². The lowest BCUT2D eigenvalue weighted by molar-refractivity contribution is -0.143. The number of ether oxygens (including phenoxy) is 1. The summed E-state index contributed by atoms with van der Waals surface area (Å²) in [6.07, 6.45) is -18.0. The number of halogens is 11. The van der Waals surface area contributed by atoms with Crippen LogP contribution in [0.2, 0.25) is 5.02 Å². The highest BCUT2D eigenvalue weighted by Gasteiger charge is 2.44. The number of rotatable bonds is 6. The molecule has 0 bridgehead atoms. The molecule has 1 aliphatic heterocycles. The van der Waals surface area contributed by atoms with E-state index < -0.39 is 71.5 Å². The zero-order valence-corrected chi connectivity index (χ0v) is 27.5. The quantitative estimate of drug-likeness (QED) is 0.155. The molecule has 5 nitrogen and oxygen atoms in total. The third-order valence-electron chi connectivity index (χ3n) is 7.89. The fraction of sp³-hybridized carbons (Fsp3) is 0.212. The van der Waals surface area contributed by atoms with Crippen LogP contribution in [0.25, 0.3) is 22.3 Å². The van der Waals surface area contributed by atoms with Gasteiger partial charge in [0.1, 0.15) is 6.10 Å². The van der Waals surface area contributed by atoms with Crippen LogP contribution < -0.4 is 0 Å². The van der Waals surface area contributed by atoms with Crippen molar-refractivity contribution in [3.8, 4) is 22.3 Å². The molecule has 258 valence electrons. The van der Waals surface area contributed by atoms with Crippen molar-refractivity contribution in [2.75, 3.05) is 0 Å². The fourth-order valence-corrected chi connectivity index (χ4v) is 6.48. The molecule has 16 heteroatoms. The molecular weight excluding hydrogens is 808 g/mol. The fourth-order valence-electron chi connectivity index (χ4n) is 5.43. The molecule has 0 aliphatic carbocycles. The monoisotopic (exact) mass is 827 g/mol. The topological polar surface area (TPSA) is 66.8 Å². The molecule has 2 atom stereocenters. The summed E-state index contributed by atoms with van der Waals surface area (Å²) in [6.45, 7) is 0.693. The van der Waals surface area contributed by atoms with E-state index in [2.05, 4.69) is 0 Å². The smallest absolute Gasteiger partial charge is 0.416 e. The van der Waals surface area contributed by atoms with Gasteiger partial charge in [0.05, 0.1) is 34.8 Å². The van der Waals surface area contributed by atoms with Crippen LogP contribution >= 0.6 is 34.2 Å². The van der Waals surface area contributed by atoms with E-state index in [1.807, 2.05) is 22.6 Å². The van der Waals surface area contributed by atoms with Gasteiger partial charge < -0.3 is 9.84 Å². The molecule has 0 saturated carbocycles. The van der Waals surface area contributed by atoms with Gasteiger partial charge in [-0.3, -0.25) is 4.90 Å². The number of carbonyl (C=O) groups excluding carboxylic acids is 1. The number of hydrogen-bond acceptors (Lipinski definition) is 3. The van der Waals surface area contributed by atoms with Crippen molar-refractivity contribution in [3.05, 3.63) is 115 Å².